The smallest absolute Gasteiger partial charge is 0.0466 e. The zero-order valence-corrected chi connectivity index (χ0v) is 17.7. The Kier molecular flexibility index (Phi) is 19.1. The maximum absolute atomic E-state index is 6.27. The minimum Gasteiger partial charge on any atom is -0.381 e. The van der Waals surface area contributed by atoms with Crippen molar-refractivity contribution in [3.8, 4) is 0 Å². The Bertz CT molecular complexity index is 189. The monoisotopic (exact) mass is 466 g/mol. The van der Waals surface area contributed by atoms with Gasteiger partial charge in [-0.05, 0) is 51.4 Å². The van der Waals surface area contributed by atoms with Crippen LogP contribution in [0.4, 0.5) is 0 Å². The van der Waals surface area contributed by atoms with Crippen molar-refractivity contribution in [1.29, 1.82) is 0 Å². The SMILES string of the molecule is ClC(CCCCBr)CCCOCCCC(Cl)CCCCBr. The molecular weight excluding hydrogens is 439 g/mol. The lowest BCUT2D eigenvalue weighted by atomic mass is 10.1. The van der Waals surface area contributed by atoms with Crippen LogP contribution in [0.2, 0.25) is 0 Å². The second-order valence-electron chi connectivity index (χ2n) is 5.46. The molecule has 0 N–H and O–H groups in total. The fraction of sp³-hybridized carbons (Fsp3) is 1.00. The van der Waals surface area contributed by atoms with Crippen LogP contribution in [0.5, 0.6) is 0 Å². The summed E-state index contributed by atoms with van der Waals surface area (Å²) in [6, 6.07) is 0. The first-order valence-corrected chi connectivity index (χ1v) is 11.3. The second kappa shape index (κ2) is 17.8. The van der Waals surface area contributed by atoms with E-state index in [1.54, 1.807) is 0 Å². The van der Waals surface area contributed by atoms with Crippen LogP contribution in [-0.2, 0) is 4.74 Å². The summed E-state index contributed by atoms with van der Waals surface area (Å²) in [6.45, 7) is 1.66. The van der Waals surface area contributed by atoms with Crippen molar-refractivity contribution in [3.05, 3.63) is 0 Å². The molecule has 0 aliphatic carbocycles. The summed E-state index contributed by atoms with van der Waals surface area (Å²) in [5.41, 5.74) is 0. The topological polar surface area (TPSA) is 9.23 Å². The Morgan fingerprint density at radius 1 is 0.619 bits per heavy atom. The Hall–Kier alpha value is 1.50. The van der Waals surface area contributed by atoms with Gasteiger partial charge in [-0.25, -0.2) is 0 Å². The van der Waals surface area contributed by atoms with E-state index in [2.05, 4.69) is 31.9 Å². The van der Waals surface area contributed by atoms with Gasteiger partial charge in [-0.15, -0.1) is 23.2 Å². The molecule has 0 aromatic rings. The minimum atomic E-state index is 0.314. The highest BCUT2D eigenvalue weighted by molar-refractivity contribution is 9.09. The molecule has 1 nitrogen and oxygen atoms in total. The first kappa shape index (κ1) is 22.5. The van der Waals surface area contributed by atoms with E-state index in [-0.39, 0.29) is 0 Å². The van der Waals surface area contributed by atoms with Gasteiger partial charge in [0, 0.05) is 34.6 Å². The first-order chi connectivity index (χ1) is 10.2. The zero-order chi connectivity index (χ0) is 15.8. The van der Waals surface area contributed by atoms with E-state index in [4.69, 9.17) is 27.9 Å². The van der Waals surface area contributed by atoms with Crippen LogP contribution in [0.3, 0.4) is 0 Å². The van der Waals surface area contributed by atoms with E-state index in [1.807, 2.05) is 0 Å². The number of ether oxygens (including phenoxy) is 1. The van der Waals surface area contributed by atoms with E-state index in [0.29, 0.717) is 10.8 Å². The molecule has 2 atom stereocenters. The molecule has 0 rings (SSSR count). The van der Waals surface area contributed by atoms with Crippen LogP contribution in [0, 0.1) is 0 Å². The molecule has 0 aromatic carbocycles. The predicted octanol–water partition coefficient (Wildman–Crippen LogP) is 6.91. The molecule has 0 radical (unpaired) electrons. The lowest BCUT2D eigenvalue weighted by molar-refractivity contribution is 0.126. The highest BCUT2D eigenvalue weighted by atomic mass is 79.9. The van der Waals surface area contributed by atoms with Gasteiger partial charge in [0.2, 0.25) is 0 Å². The van der Waals surface area contributed by atoms with Crippen LogP contribution in [-0.4, -0.2) is 34.6 Å². The lowest BCUT2D eigenvalue weighted by Crippen LogP contribution is -2.05. The van der Waals surface area contributed by atoms with Crippen LogP contribution in [0.15, 0.2) is 0 Å². The maximum atomic E-state index is 6.27. The molecule has 0 amide bonds. The van der Waals surface area contributed by atoms with Gasteiger partial charge < -0.3 is 4.74 Å². The Labute approximate surface area is 158 Å². The van der Waals surface area contributed by atoms with Gasteiger partial charge in [-0.1, -0.05) is 44.7 Å². The molecule has 2 unspecified atom stereocenters. The summed E-state index contributed by atoms with van der Waals surface area (Å²) >= 11 is 19.4. The molecule has 0 aliphatic rings. The number of unbranched alkanes of at least 4 members (excludes halogenated alkanes) is 2. The van der Waals surface area contributed by atoms with Gasteiger partial charge in [0.25, 0.3) is 0 Å². The van der Waals surface area contributed by atoms with Crippen LogP contribution >= 0.6 is 55.1 Å². The molecule has 5 heteroatoms. The van der Waals surface area contributed by atoms with Gasteiger partial charge in [0.15, 0.2) is 0 Å². The van der Waals surface area contributed by atoms with Crippen molar-refractivity contribution < 1.29 is 4.74 Å². The van der Waals surface area contributed by atoms with Crippen molar-refractivity contribution in [1.82, 2.24) is 0 Å². The van der Waals surface area contributed by atoms with E-state index < -0.39 is 0 Å². The highest BCUT2D eigenvalue weighted by Crippen LogP contribution is 2.15. The van der Waals surface area contributed by atoms with Gasteiger partial charge in [0.05, 0.1) is 0 Å². The number of alkyl halides is 4. The number of hydrogen-bond donors (Lipinski definition) is 0. The maximum Gasteiger partial charge on any atom is 0.0466 e. The van der Waals surface area contributed by atoms with E-state index >= 15 is 0 Å². The molecule has 0 spiro atoms. The minimum absolute atomic E-state index is 0.314. The van der Waals surface area contributed by atoms with Gasteiger partial charge in [-0.3, -0.25) is 0 Å². The first-order valence-electron chi connectivity index (χ1n) is 8.18. The quantitative estimate of drug-likeness (QED) is 0.176. The van der Waals surface area contributed by atoms with Crippen LogP contribution in [0.1, 0.15) is 64.2 Å². The Morgan fingerprint density at radius 3 is 1.38 bits per heavy atom. The molecule has 128 valence electrons. The summed E-state index contributed by atoms with van der Waals surface area (Å²) in [5.74, 6) is 0. The third kappa shape index (κ3) is 17.7. The molecule has 0 aliphatic heterocycles. The van der Waals surface area contributed by atoms with Crippen molar-refractivity contribution in [2.75, 3.05) is 23.9 Å². The summed E-state index contributed by atoms with van der Waals surface area (Å²) in [7, 11) is 0. The molecule has 0 heterocycles. The zero-order valence-electron chi connectivity index (χ0n) is 13.0. The lowest BCUT2D eigenvalue weighted by Gasteiger charge is -2.10. The van der Waals surface area contributed by atoms with Gasteiger partial charge in [0.1, 0.15) is 0 Å². The average Bonchev–Trinajstić information content (AvgIpc) is 2.47. The molecule has 21 heavy (non-hydrogen) atoms. The largest absolute Gasteiger partial charge is 0.381 e. The van der Waals surface area contributed by atoms with Crippen LogP contribution in [0.25, 0.3) is 0 Å². The molecular formula is C16H30Br2Cl2O. The normalized spacial score (nSPS) is 14.3. The fourth-order valence-electron chi connectivity index (χ4n) is 2.13. The molecule has 0 saturated carbocycles. The summed E-state index contributed by atoms with van der Waals surface area (Å²) in [5, 5.41) is 2.79. The molecule has 0 aromatic heterocycles. The van der Waals surface area contributed by atoms with Gasteiger partial charge >= 0.3 is 0 Å². The Balaban J connectivity index is 3.21. The Morgan fingerprint density at radius 2 is 1.00 bits per heavy atom. The molecule has 0 saturated heterocycles. The predicted molar refractivity (Wildman–Crippen MR) is 104 cm³/mol. The summed E-state index contributed by atoms with van der Waals surface area (Å²) in [6.07, 6.45) is 11.4. The van der Waals surface area contributed by atoms with E-state index in [9.17, 15) is 0 Å². The van der Waals surface area contributed by atoms with Crippen molar-refractivity contribution >= 4 is 55.1 Å². The molecule has 0 fully saturated rings. The summed E-state index contributed by atoms with van der Waals surface area (Å²) in [4.78, 5) is 0. The van der Waals surface area contributed by atoms with Crippen molar-refractivity contribution in [2.24, 2.45) is 0 Å². The number of hydrogen-bond acceptors (Lipinski definition) is 1. The summed E-state index contributed by atoms with van der Waals surface area (Å²) < 4.78 is 5.65. The molecule has 0 bridgehead atoms. The third-order valence-electron chi connectivity index (χ3n) is 3.41. The fourth-order valence-corrected chi connectivity index (χ4v) is 3.54. The van der Waals surface area contributed by atoms with Gasteiger partial charge in [-0.2, -0.15) is 0 Å². The average molecular weight is 469 g/mol. The highest BCUT2D eigenvalue weighted by Gasteiger charge is 2.05. The third-order valence-corrected chi connectivity index (χ3v) is 5.41. The second-order valence-corrected chi connectivity index (χ2v) is 8.28. The van der Waals surface area contributed by atoms with Crippen molar-refractivity contribution in [2.45, 2.75) is 75.0 Å². The van der Waals surface area contributed by atoms with E-state index in [1.165, 1.54) is 25.7 Å². The number of rotatable bonds is 16. The number of halogens is 4. The standard InChI is InChI=1S/C16H30Br2Cl2O/c17-11-3-1-7-15(19)9-5-13-21-14-6-10-16(20)8-2-4-12-18/h15-16H,1-14H2. The van der Waals surface area contributed by atoms with E-state index in [0.717, 1.165) is 62.4 Å². The van der Waals surface area contributed by atoms with Crippen molar-refractivity contribution in [3.63, 3.8) is 0 Å². The van der Waals surface area contributed by atoms with Crippen LogP contribution < -0.4 is 0 Å².